The average molecular weight is 251 g/mol. The third-order valence-electron chi connectivity index (χ3n) is 2.75. The van der Waals surface area contributed by atoms with E-state index in [4.69, 9.17) is 5.11 Å². The number of rotatable bonds is 3. The monoisotopic (exact) mass is 251 g/mol. The zero-order valence-electron chi connectivity index (χ0n) is 9.65. The summed E-state index contributed by atoms with van der Waals surface area (Å²) in [6.07, 6.45) is 0.182. The fraction of sp³-hybridized carbons (Fsp3) is 0.231. The highest BCUT2D eigenvalue weighted by Crippen LogP contribution is 2.20. The average Bonchev–Trinajstić information content (AvgIpc) is 2.34. The number of carbonyl (C=O) groups is 1. The molecule has 1 aromatic heterocycles. The maximum atomic E-state index is 13.5. The highest BCUT2D eigenvalue weighted by atomic mass is 19.1. The number of hydrogen-bond donors (Lipinski definition) is 1. The minimum absolute atomic E-state index is 0.0647. The summed E-state index contributed by atoms with van der Waals surface area (Å²) in [5, 5.41) is 8.89. The second-order valence-corrected chi connectivity index (χ2v) is 4.17. The van der Waals surface area contributed by atoms with Crippen LogP contribution in [0.25, 0.3) is 10.9 Å². The van der Waals surface area contributed by atoms with Gasteiger partial charge in [-0.25, -0.2) is 13.8 Å². The third kappa shape index (κ3) is 2.30. The number of pyridine rings is 1. The smallest absolute Gasteiger partial charge is 0.306 e. The molecule has 2 aromatic rings. The second kappa shape index (κ2) is 4.68. The van der Waals surface area contributed by atoms with Crippen LogP contribution in [0.4, 0.5) is 8.78 Å². The van der Waals surface area contributed by atoms with Crippen molar-refractivity contribution in [2.75, 3.05) is 0 Å². The Morgan fingerprint density at radius 3 is 2.61 bits per heavy atom. The van der Waals surface area contributed by atoms with E-state index < -0.39 is 23.5 Å². The molecular formula is C13H11F2NO2. The standard InChI is InChI=1S/C13H11F2NO2/c1-7(13(17)18)6-8-2-3-9-10(14)4-5-11(15)12(9)16-8/h2-5,7H,6H2,1H3,(H,17,18). The fourth-order valence-corrected chi connectivity index (χ4v) is 1.70. The van der Waals surface area contributed by atoms with Crippen LogP contribution in [0.5, 0.6) is 0 Å². The number of carboxylic acids is 1. The van der Waals surface area contributed by atoms with Gasteiger partial charge in [-0.2, -0.15) is 0 Å². The Morgan fingerprint density at radius 2 is 1.94 bits per heavy atom. The Morgan fingerprint density at radius 1 is 1.28 bits per heavy atom. The predicted molar refractivity (Wildman–Crippen MR) is 62.2 cm³/mol. The molecule has 0 amide bonds. The summed E-state index contributed by atoms with van der Waals surface area (Å²) in [6.45, 7) is 1.54. The van der Waals surface area contributed by atoms with Gasteiger partial charge in [-0.1, -0.05) is 6.92 Å². The van der Waals surface area contributed by atoms with Crippen LogP contribution in [0.15, 0.2) is 24.3 Å². The predicted octanol–water partition coefficient (Wildman–Crippen LogP) is 2.78. The van der Waals surface area contributed by atoms with E-state index in [1.54, 1.807) is 0 Å². The minimum atomic E-state index is -0.948. The summed E-state index contributed by atoms with van der Waals surface area (Å²) in [7, 11) is 0. The zero-order valence-corrected chi connectivity index (χ0v) is 9.65. The fourth-order valence-electron chi connectivity index (χ4n) is 1.70. The van der Waals surface area contributed by atoms with Crippen molar-refractivity contribution in [3.63, 3.8) is 0 Å². The van der Waals surface area contributed by atoms with Crippen LogP contribution < -0.4 is 0 Å². The molecule has 0 aliphatic carbocycles. The topological polar surface area (TPSA) is 50.2 Å². The van der Waals surface area contributed by atoms with Gasteiger partial charge in [0.15, 0.2) is 0 Å². The molecule has 2 rings (SSSR count). The van der Waals surface area contributed by atoms with E-state index in [1.807, 2.05) is 0 Å². The number of carboxylic acid groups (broad SMARTS) is 1. The Labute approximate surface area is 102 Å². The summed E-state index contributed by atoms with van der Waals surface area (Å²) in [5.74, 6) is -2.73. The van der Waals surface area contributed by atoms with E-state index in [9.17, 15) is 13.6 Å². The van der Waals surface area contributed by atoms with Gasteiger partial charge in [-0.15, -0.1) is 0 Å². The summed E-state index contributed by atoms with van der Waals surface area (Å²) in [4.78, 5) is 14.7. The van der Waals surface area contributed by atoms with Crippen LogP contribution in [-0.2, 0) is 11.2 Å². The molecule has 5 heteroatoms. The zero-order chi connectivity index (χ0) is 13.3. The number of aromatic nitrogens is 1. The molecule has 0 radical (unpaired) electrons. The SMILES string of the molecule is CC(Cc1ccc2c(F)ccc(F)c2n1)C(=O)O. The lowest BCUT2D eigenvalue weighted by Crippen LogP contribution is -2.13. The molecule has 3 nitrogen and oxygen atoms in total. The molecule has 0 bridgehead atoms. The first-order valence-electron chi connectivity index (χ1n) is 5.45. The first kappa shape index (κ1) is 12.4. The summed E-state index contributed by atoms with van der Waals surface area (Å²) < 4.78 is 26.9. The molecule has 1 atom stereocenters. The van der Waals surface area contributed by atoms with Crippen LogP contribution in [0.1, 0.15) is 12.6 Å². The molecule has 1 unspecified atom stereocenters. The van der Waals surface area contributed by atoms with E-state index in [1.165, 1.54) is 19.1 Å². The van der Waals surface area contributed by atoms with Gasteiger partial charge in [0.1, 0.15) is 17.2 Å². The lowest BCUT2D eigenvalue weighted by atomic mass is 10.0. The van der Waals surface area contributed by atoms with Crippen molar-refractivity contribution in [2.24, 2.45) is 5.92 Å². The van der Waals surface area contributed by atoms with Gasteiger partial charge < -0.3 is 5.11 Å². The van der Waals surface area contributed by atoms with Crippen LogP contribution in [-0.4, -0.2) is 16.1 Å². The highest BCUT2D eigenvalue weighted by molar-refractivity contribution is 5.80. The molecule has 1 heterocycles. The van der Waals surface area contributed by atoms with Crippen LogP contribution in [0.3, 0.4) is 0 Å². The van der Waals surface area contributed by atoms with Gasteiger partial charge in [0.25, 0.3) is 0 Å². The van der Waals surface area contributed by atoms with Crippen molar-refractivity contribution >= 4 is 16.9 Å². The minimum Gasteiger partial charge on any atom is -0.481 e. The summed E-state index contributed by atoms with van der Waals surface area (Å²) in [5.41, 5.74) is 0.368. The summed E-state index contributed by atoms with van der Waals surface area (Å²) in [6, 6.07) is 4.99. The Hall–Kier alpha value is -2.04. The Balaban J connectivity index is 2.44. The van der Waals surface area contributed by atoms with Crippen LogP contribution >= 0.6 is 0 Å². The van der Waals surface area contributed by atoms with Crippen molar-refractivity contribution < 1.29 is 18.7 Å². The van der Waals surface area contributed by atoms with Gasteiger partial charge in [0.05, 0.1) is 5.92 Å². The molecule has 1 aromatic carbocycles. The largest absolute Gasteiger partial charge is 0.481 e. The van der Waals surface area contributed by atoms with Gasteiger partial charge in [-0.3, -0.25) is 4.79 Å². The van der Waals surface area contributed by atoms with Crippen LogP contribution in [0, 0.1) is 17.6 Å². The van der Waals surface area contributed by atoms with E-state index >= 15 is 0 Å². The van der Waals surface area contributed by atoms with Crippen molar-refractivity contribution in [1.29, 1.82) is 0 Å². The van der Waals surface area contributed by atoms with Gasteiger partial charge in [0, 0.05) is 17.5 Å². The van der Waals surface area contributed by atoms with E-state index in [0.717, 1.165) is 12.1 Å². The molecule has 0 fully saturated rings. The van der Waals surface area contributed by atoms with Crippen molar-refractivity contribution in [2.45, 2.75) is 13.3 Å². The number of nitrogens with zero attached hydrogens (tertiary/aromatic N) is 1. The quantitative estimate of drug-likeness (QED) is 0.912. The molecule has 0 saturated carbocycles. The van der Waals surface area contributed by atoms with E-state index in [-0.39, 0.29) is 17.3 Å². The second-order valence-electron chi connectivity index (χ2n) is 4.17. The van der Waals surface area contributed by atoms with Crippen LogP contribution in [0.2, 0.25) is 0 Å². The maximum absolute atomic E-state index is 13.5. The molecule has 0 spiro atoms. The molecule has 0 saturated heterocycles. The first-order valence-corrected chi connectivity index (χ1v) is 5.45. The molecule has 0 aliphatic heterocycles. The van der Waals surface area contributed by atoms with Gasteiger partial charge in [-0.05, 0) is 24.3 Å². The molecular weight excluding hydrogens is 240 g/mol. The van der Waals surface area contributed by atoms with E-state index in [0.29, 0.717) is 5.69 Å². The lowest BCUT2D eigenvalue weighted by molar-refractivity contribution is -0.141. The Kier molecular flexibility index (Phi) is 3.23. The Bertz CT molecular complexity index is 613. The number of hydrogen-bond acceptors (Lipinski definition) is 2. The number of aliphatic carboxylic acids is 1. The summed E-state index contributed by atoms with van der Waals surface area (Å²) >= 11 is 0. The van der Waals surface area contributed by atoms with E-state index in [2.05, 4.69) is 4.98 Å². The first-order chi connectivity index (χ1) is 8.49. The lowest BCUT2D eigenvalue weighted by Gasteiger charge is -2.07. The van der Waals surface area contributed by atoms with Crippen molar-refractivity contribution in [1.82, 2.24) is 4.98 Å². The molecule has 18 heavy (non-hydrogen) atoms. The molecule has 0 aliphatic rings. The highest BCUT2D eigenvalue weighted by Gasteiger charge is 2.14. The van der Waals surface area contributed by atoms with Crippen molar-refractivity contribution in [3.05, 3.63) is 41.6 Å². The third-order valence-corrected chi connectivity index (χ3v) is 2.75. The van der Waals surface area contributed by atoms with Gasteiger partial charge >= 0.3 is 5.97 Å². The number of halogens is 2. The van der Waals surface area contributed by atoms with Crippen molar-refractivity contribution in [3.8, 4) is 0 Å². The maximum Gasteiger partial charge on any atom is 0.306 e. The molecule has 94 valence electrons. The number of benzene rings is 1. The normalized spacial score (nSPS) is 12.6. The molecule has 1 N–H and O–H groups in total. The number of fused-ring (bicyclic) bond motifs is 1. The van der Waals surface area contributed by atoms with Gasteiger partial charge in [0.2, 0.25) is 0 Å².